The standard InChI is InChI=1S/C24H23F4N5O2/c1-3-32(4-2)22-23-31-30-21(16-6-8-17(9-7-16)35-24(27)28)33(23)20(14-29-22)34-12-11-15-5-10-18(25)19(26)13-15/h5-10,13-14,24H,3-4,11-12H2,1-2H3. The third-order valence-electron chi connectivity index (χ3n) is 5.41. The van der Waals surface area contributed by atoms with E-state index in [9.17, 15) is 17.6 Å². The molecule has 0 N–H and O–H groups in total. The number of nitrogens with zero attached hydrogens (tertiary/aromatic N) is 5. The summed E-state index contributed by atoms with van der Waals surface area (Å²) in [6, 6.07) is 9.71. The van der Waals surface area contributed by atoms with Gasteiger partial charge in [0.15, 0.2) is 23.3 Å². The van der Waals surface area contributed by atoms with Crippen molar-refractivity contribution in [1.82, 2.24) is 19.6 Å². The normalized spacial score (nSPS) is 11.3. The average Bonchev–Trinajstić information content (AvgIpc) is 3.29. The summed E-state index contributed by atoms with van der Waals surface area (Å²) in [6.45, 7) is 2.60. The lowest BCUT2D eigenvalue weighted by atomic mass is 10.1. The van der Waals surface area contributed by atoms with Gasteiger partial charge in [-0.25, -0.2) is 18.2 Å². The zero-order valence-electron chi connectivity index (χ0n) is 19.1. The Bertz CT molecular complexity index is 1290. The smallest absolute Gasteiger partial charge is 0.387 e. The van der Waals surface area contributed by atoms with Crippen LogP contribution in [0, 0.1) is 11.6 Å². The second-order valence-electron chi connectivity index (χ2n) is 7.52. The van der Waals surface area contributed by atoms with E-state index in [4.69, 9.17) is 4.74 Å². The molecule has 0 saturated carbocycles. The van der Waals surface area contributed by atoms with Crippen molar-refractivity contribution in [3.05, 3.63) is 65.9 Å². The van der Waals surface area contributed by atoms with Crippen molar-refractivity contribution < 1.29 is 27.0 Å². The summed E-state index contributed by atoms with van der Waals surface area (Å²) >= 11 is 0. The van der Waals surface area contributed by atoms with Crippen LogP contribution >= 0.6 is 0 Å². The molecule has 0 bridgehead atoms. The van der Waals surface area contributed by atoms with E-state index < -0.39 is 18.2 Å². The van der Waals surface area contributed by atoms with E-state index in [2.05, 4.69) is 19.9 Å². The zero-order valence-corrected chi connectivity index (χ0v) is 19.1. The first-order valence-electron chi connectivity index (χ1n) is 11.0. The Morgan fingerprint density at radius 2 is 1.71 bits per heavy atom. The van der Waals surface area contributed by atoms with Crippen molar-refractivity contribution in [2.24, 2.45) is 0 Å². The van der Waals surface area contributed by atoms with Crippen LogP contribution in [-0.2, 0) is 6.42 Å². The van der Waals surface area contributed by atoms with Crippen LogP contribution in [0.4, 0.5) is 23.4 Å². The SMILES string of the molecule is CCN(CC)c1ncc(OCCc2ccc(F)c(F)c2)n2c(-c3ccc(OC(F)F)cc3)nnc12. The lowest BCUT2D eigenvalue weighted by molar-refractivity contribution is -0.0498. The number of hydrogen-bond donors (Lipinski definition) is 0. The van der Waals surface area contributed by atoms with Crippen molar-refractivity contribution in [3.63, 3.8) is 0 Å². The van der Waals surface area contributed by atoms with E-state index in [0.29, 0.717) is 53.8 Å². The number of halogens is 4. The van der Waals surface area contributed by atoms with Gasteiger partial charge in [-0.15, -0.1) is 10.2 Å². The Balaban J connectivity index is 1.68. The molecular formula is C24H23F4N5O2. The number of fused-ring (bicyclic) bond motifs is 1. The summed E-state index contributed by atoms with van der Waals surface area (Å²) in [4.78, 5) is 6.53. The molecule has 35 heavy (non-hydrogen) atoms. The molecule has 0 amide bonds. The molecule has 4 rings (SSSR count). The van der Waals surface area contributed by atoms with Gasteiger partial charge >= 0.3 is 6.61 Å². The van der Waals surface area contributed by atoms with Crippen LogP contribution in [-0.4, -0.2) is 45.9 Å². The zero-order chi connectivity index (χ0) is 24.9. The number of alkyl halides is 2. The fourth-order valence-corrected chi connectivity index (χ4v) is 3.66. The molecule has 2 aromatic carbocycles. The van der Waals surface area contributed by atoms with Crippen LogP contribution in [0.5, 0.6) is 11.6 Å². The number of ether oxygens (including phenoxy) is 2. The van der Waals surface area contributed by atoms with Gasteiger partial charge in [-0.2, -0.15) is 8.78 Å². The molecule has 0 unspecified atom stereocenters. The van der Waals surface area contributed by atoms with Gasteiger partial charge in [0.05, 0.1) is 12.8 Å². The monoisotopic (exact) mass is 489 g/mol. The van der Waals surface area contributed by atoms with E-state index in [-0.39, 0.29) is 12.4 Å². The number of anilines is 1. The van der Waals surface area contributed by atoms with Crippen molar-refractivity contribution in [2.45, 2.75) is 26.9 Å². The summed E-state index contributed by atoms with van der Waals surface area (Å²) in [5.41, 5.74) is 1.63. The van der Waals surface area contributed by atoms with Crippen molar-refractivity contribution >= 4 is 11.5 Å². The topological polar surface area (TPSA) is 64.8 Å². The first kappa shape index (κ1) is 24.2. The average molecular weight is 489 g/mol. The molecule has 0 aliphatic carbocycles. The van der Waals surface area contributed by atoms with Gasteiger partial charge in [-0.3, -0.25) is 0 Å². The summed E-state index contributed by atoms with van der Waals surface area (Å²) in [5.74, 6) is -0.443. The van der Waals surface area contributed by atoms with Crippen molar-refractivity contribution in [1.29, 1.82) is 0 Å². The van der Waals surface area contributed by atoms with E-state index in [1.54, 1.807) is 22.7 Å². The highest BCUT2D eigenvalue weighted by molar-refractivity contribution is 5.70. The van der Waals surface area contributed by atoms with Gasteiger partial charge in [0.1, 0.15) is 5.75 Å². The Morgan fingerprint density at radius 3 is 2.37 bits per heavy atom. The Kier molecular flexibility index (Phi) is 7.33. The highest BCUT2D eigenvalue weighted by Gasteiger charge is 2.20. The number of aromatic nitrogens is 4. The first-order chi connectivity index (χ1) is 16.9. The first-order valence-corrected chi connectivity index (χ1v) is 11.0. The Labute approximate surface area is 198 Å². The molecule has 2 aromatic heterocycles. The van der Waals surface area contributed by atoms with Gasteiger partial charge in [0.25, 0.3) is 0 Å². The van der Waals surface area contributed by atoms with Crippen molar-refractivity contribution in [2.75, 3.05) is 24.6 Å². The van der Waals surface area contributed by atoms with E-state index in [0.717, 1.165) is 12.1 Å². The maximum absolute atomic E-state index is 13.5. The third-order valence-corrected chi connectivity index (χ3v) is 5.41. The molecule has 11 heteroatoms. The predicted octanol–water partition coefficient (Wildman–Crippen LogP) is 5.14. The van der Waals surface area contributed by atoms with E-state index in [1.165, 1.54) is 18.2 Å². The predicted molar refractivity (Wildman–Crippen MR) is 122 cm³/mol. The third kappa shape index (κ3) is 5.28. The van der Waals surface area contributed by atoms with Crippen LogP contribution in [0.1, 0.15) is 19.4 Å². The van der Waals surface area contributed by atoms with Gasteiger partial charge in [0, 0.05) is 25.1 Å². The maximum atomic E-state index is 13.5. The Hall–Kier alpha value is -3.89. The largest absolute Gasteiger partial charge is 0.477 e. The molecule has 0 radical (unpaired) electrons. The molecule has 0 aliphatic rings. The van der Waals surface area contributed by atoms with Crippen LogP contribution < -0.4 is 14.4 Å². The molecule has 0 saturated heterocycles. The molecule has 4 aromatic rings. The van der Waals surface area contributed by atoms with Crippen LogP contribution in [0.2, 0.25) is 0 Å². The maximum Gasteiger partial charge on any atom is 0.387 e. The van der Waals surface area contributed by atoms with Gasteiger partial charge in [-0.05, 0) is 55.8 Å². The van der Waals surface area contributed by atoms with Crippen LogP contribution in [0.25, 0.3) is 17.0 Å². The summed E-state index contributed by atoms with van der Waals surface area (Å²) in [7, 11) is 0. The fourth-order valence-electron chi connectivity index (χ4n) is 3.66. The lowest BCUT2D eigenvalue weighted by Crippen LogP contribution is -2.24. The summed E-state index contributed by atoms with van der Waals surface area (Å²) < 4.78 is 63.8. The molecule has 0 atom stereocenters. The highest BCUT2D eigenvalue weighted by Crippen LogP contribution is 2.29. The fraction of sp³-hybridized carbons (Fsp3) is 0.292. The highest BCUT2D eigenvalue weighted by atomic mass is 19.3. The second kappa shape index (κ2) is 10.6. The summed E-state index contributed by atoms with van der Waals surface area (Å²) in [6.07, 6.45) is 1.88. The minimum absolute atomic E-state index is 0.0195. The number of hydrogen-bond acceptors (Lipinski definition) is 6. The molecule has 2 heterocycles. The minimum Gasteiger partial charge on any atom is -0.477 e. The molecule has 0 fully saturated rings. The minimum atomic E-state index is -2.92. The van der Waals surface area contributed by atoms with Crippen LogP contribution in [0.15, 0.2) is 48.7 Å². The van der Waals surface area contributed by atoms with Crippen LogP contribution in [0.3, 0.4) is 0 Å². The van der Waals surface area contributed by atoms with E-state index in [1.807, 2.05) is 18.7 Å². The Morgan fingerprint density at radius 1 is 0.971 bits per heavy atom. The van der Waals surface area contributed by atoms with Gasteiger partial charge in [-0.1, -0.05) is 6.07 Å². The second-order valence-corrected chi connectivity index (χ2v) is 7.52. The summed E-state index contributed by atoms with van der Waals surface area (Å²) in [5, 5.41) is 8.62. The van der Waals surface area contributed by atoms with Gasteiger partial charge < -0.3 is 14.4 Å². The lowest BCUT2D eigenvalue weighted by Gasteiger charge is -2.21. The van der Waals surface area contributed by atoms with Crippen molar-refractivity contribution in [3.8, 4) is 23.0 Å². The molecular weight excluding hydrogens is 466 g/mol. The van der Waals surface area contributed by atoms with Gasteiger partial charge in [0.2, 0.25) is 11.5 Å². The molecule has 0 spiro atoms. The molecule has 7 nitrogen and oxygen atoms in total. The van der Waals surface area contributed by atoms with E-state index >= 15 is 0 Å². The molecule has 0 aliphatic heterocycles. The number of rotatable bonds is 10. The molecule has 184 valence electrons. The quantitative estimate of drug-likeness (QED) is 0.288. The number of benzene rings is 2.